The third-order valence-electron chi connectivity index (χ3n) is 1.68. The normalized spacial score (nSPS) is 9.00. The maximum Gasteiger partial charge on any atom is 0.214 e. The number of rotatable bonds is 3. The van der Waals surface area contributed by atoms with E-state index in [1.165, 1.54) is 6.92 Å². The largest absolute Gasteiger partial charge is 0.295 e. The molecule has 0 saturated carbocycles. The first-order valence-electron chi connectivity index (χ1n) is 3.87. The topological polar surface area (TPSA) is 67.4 Å². The van der Waals surface area contributed by atoms with Crippen LogP contribution in [0.5, 0.6) is 0 Å². The second kappa shape index (κ2) is 4.28. The molecule has 0 spiro atoms. The number of carbonyl (C=O) groups excluding carboxylic acids is 1. The van der Waals surface area contributed by atoms with Crippen LogP contribution in [-0.4, -0.2) is 5.78 Å². The van der Waals surface area contributed by atoms with Crippen molar-refractivity contribution in [3.63, 3.8) is 0 Å². The Labute approximate surface area is 75.8 Å². The van der Waals surface area contributed by atoms with Crippen LogP contribution in [0.2, 0.25) is 0 Å². The molecular weight excluding hydrogens is 166 g/mol. The van der Waals surface area contributed by atoms with E-state index in [-0.39, 0.29) is 5.78 Å². The Morgan fingerprint density at radius 2 is 2.08 bits per heavy atom. The van der Waals surface area contributed by atoms with Crippen LogP contribution in [0.15, 0.2) is 29.4 Å². The molecule has 1 aromatic rings. The van der Waals surface area contributed by atoms with Gasteiger partial charge in [-0.1, -0.05) is 24.3 Å². The van der Waals surface area contributed by atoms with E-state index in [2.05, 4.69) is 10.0 Å². The predicted molar refractivity (Wildman–Crippen MR) is 47.4 cm³/mol. The van der Waals surface area contributed by atoms with Crippen LogP contribution in [0.25, 0.3) is 0 Å². The Morgan fingerprint density at radius 1 is 1.46 bits per heavy atom. The van der Waals surface area contributed by atoms with E-state index < -0.39 is 0 Å². The lowest BCUT2D eigenvalue weighted by Crippen LogP contribution is -1.91. The number of benzene rings is 1. The SMILES string of the molecule is CC(=O)c1ccc(CN=[N+]=N)cc1. The van der Waals surface area contributed by atoms with Crippen LogP contribution in [-0.2, 0) is 6.54 Å². The highest BCUT2D eigenvalue weighted by atomic mass is 16.1. The number of Topliss-reactive ketones (excluding diaryl/α,β-unsaturated/α-hetero) is 1. The average Bonchev–Trinajstić information content (AvgIpc) is 2.15. The molecule has 4 nitrogen and oxygen atoms in total. The van der Waals surface area contributed by atoms with Crippen LogP contribution in [0.4, 0.5) is 0 Å². The van der Waals surface area contributed by atoms with Gasteiger partial charge in [-0.15, -0.1) is 0 Å². The van der Waals surface area contributed by atoms with E-state index in [0.29, 0.717) is 12.1 Å². The zero-order chi connectivity index (χ0) is 9.68. The maximum atomic E-state index is 10.9. The van der Waals surface area contributed by atoms with Crippen molar-refractivity contribution in [2.24, 2.45) is 5.11 Å². The quantitative estimate of drug-likeness (QED) is 0.427. The van der Waals surface area contributed by atoms with Gasteiger partial charge in [0.15, 0.2) is 5.78 Å². The van der Waals surface area contributed by atoms with Gasteiger partial charge in [0.2, 0.25) is 4.91 Å². The van der Waals surface area contributed by atoms with Gasteiger partial charge >= 0.3 is 0 Å². The lowest BCUT2D eigenvalue weighted by Gasteiger charge is -1.95. The molecule has 1 N–H and O–H groups in total. The number of carbonyl (C=O) groups is 1. The van der Waals surface area contributed by atoms with Gasteiger partial charge in [-0.2, -0.15) is 0 Å². The molecule has 0 radical (unpaired) electrons. The third-order valence-corrected chi connectivity index (χ3v) is 1.68. The van der Waals surface area contributed by atoms with E-state index in [1.54, 1.807) is 12.1 Å². The van der Waals surface area contributed by atoms with E-state index in [1.807, 2.05) is 12.1 Å². The summed E-state index contributed by atoms with van der Waals surface area (Å²) >= 11 is 0. The van der Waals surface area contributed by atoms with Gasteiger partial charge in [0.05, 0.1) is 0 Å². The molecule has 0 saturated heterocycles. The highest BCUT2D eigenvalue weighted by molar-refractivity contribution is 5.93. The van der Waals surface area contributed by atoms with Crippen LogP contribution < -0.4 is 4.91 Å². The Balaban J connectivity index is 2.80. The predicted octanol–water partition coefficient (Wildman–Crippen LogP) is 1.94. The Hall–Kier alpha value is -1.80. The van der Waals surface area contributed by atoms with Gasteiger partial charge in [-0.25, -0.2) is 0 Å². The first-order chi connectivity index (χ1) is 6.24. The monoisotopic (exact) mass is 176 g/mol. The van der Waals surface area contributed by atoms with E-state index in [0.717, 1.165) is 5.56 Å². The second-order valence-electron chi connectivity index (χ2n) is 2.65. The summed E-state index contributed by atoms with van der Waals surface area (Å²) < 4.78 is 0. The summed E-state index contributed by atoms with van der Waals surface area (Å²) in [6.45, 7) is 1.92. The standard InChI is InChI=1S/C9H10N3O/c1-7(13)9-4-2-8(3-5-9)6-11-12-10/h2-5,10H,6H2,1H3/q+1. The Bertz CT molecular complexity index is 350. The summed E-state index contributed by atoms with van der Waals surface area (Å²) in [6.07, 6.45) is 0. The summed E-state index contributed by atoms with van der Waals surface area (Å²) in [6, 6.07) is 7.12. The lowest BCUT2D eigenvalue weighted by molar-refractivity contribution is 0.101. The van der Waals surface area contributed by atoms with Gasteiger partial charge in [-0.3, -0.25) is 4.79 Å². The van der Waals surface area contributed by atoms with Gasteiger partial charge < -0.3 is 0 Å². The molecular formula is C9H10N3O+. The molecule has 13 heavy (non-hydrogen) atoms. The molecule has 0 fully saturated rings. The zero-order valence-electron chi connectivity index (χ0n) is 7.32. The fraction of sp³-hybridized carbons (Fsp3) is 0.222. The van der Waals surface area contributed by atoms with E-state index in [9.17, 15) is 4.79 Å². The van der Waals surface area contributed by atoms with Crippen molar-refractivity contribution < 1.29 is 4.79 Å². The first kappa shape index (κ1) is 9.29. The summed E-state index contributed by atoms with van der Waals surface area (Å²) in [5.41, 5.74) is 8.10. The molecule has 0 atom stereocenters. The van der Waals surface area contributed by atoms with Crippen molar-refractivity contribution >= 4 is 5.78 Å². The van der Waals surface area contributed by atoms with Crippen LogP contribution in [0, 0.1) is 5.53 Å². The first-order valence-corrected chi connectivity index (χ1v) is 3.87. The zero-order valence-corrected chi connectivity index (χ0v) is 7.32. The second-order valence-corrected chi connectivity index (χ2v) is 2.65. The molecule has 0 aliphatic carbocycles. The third kappa shape index (κ3) is 2.61. The summed E-state index contributed by atoms with van der Waals surface area (Å²) in [5, 5.41) is 3.52. The van der Waals surface area contributed by atoms with E-state index >= 15 is 0 Å². The molecule has 66 valence electrons. The number of hydrogen-bond acceptors (Lipinski definition) is 3. The number of ketones is 1. The fourth-order valence-corrected chi connectivity index (χ4v) is 0.962. The van der Waals surface area contributed by atoms with Gasteiger partial charge in [0.25, 0.3) is 0 Å². The van der Waals surface area contributed by atoms with Crippen LogP contribution in [0.3, 0.4) is 0 Å². The molecule has 0 bridgehead atoms. The summed E-state index contributed by atoms with van der Waals surface area (Å²) in [4.78, 5) is 13.8. The number of nitrogens with zero attached hydrogens (tertiary/aromatic N) is 2. The van der Waals surface area contributed by atoms with Crippen molar-refractivity contribution in [2.45, 2.75) is 13.5 Å². The smallest absolute Gasteiger partial charge is 0.214 e. The molecule has 0 aliphatic rings. The minimum absolute atomic E-state index is 0.0497. The maximum absolute atomic E-state index is 10.9. The molecule has 0 unspecified atom stereocenters. The Morgan fingerprint density at radius 3 is 2.54 bits per heavy atom. The highest BCUT2D eigenvalue weighted by Crippen LogP contribution is 2.05. The fourth-order valence-electron chi connectivity index (χ4n) is 0.962. The van der Waals surface area contributed by atoms with Crippen molar-refractivity contribution in [1.82, 2.24) is 4.91 Å². The van der Waals surface area contributed by atoms with Crippen LogP contribution in [0.1, 0.15) is 22.8 Å². The van der Waals surface area contributed by atoms with Gasteiger partial charge in [0.1, 0.15) is 17.2 Å². The Kier molecular flexibility index (Phi) is 3.06. The van der Waals surface area contributed by atoms with Crippen molar-refractivity contribution in [1.29, 1.82) is 5.53 Å². The van der Waals surface area contributed by atoms with E-state index in [4.69, 9.17) is 5.53 Å². The van der Waals surface area contributed by atoms with Gasteiger partial charge in [-0.05, 0) is 12.5 Å². The van der Waals surface area contributed by atoms with Crippen molar-refractivity contribution in [3.05, 3.63) is 35.4 Å². The lowest BCUT2D eigenvalue weighted by atomic mass is 10.1. The summed E-state index contributed by atoms with van der Waals surface area (Å²) in [7, 11) is 0. The summed E-state index contributed by atoms with van der Waals surface area (Å²) in [5.74, 6) is 0.0497. The van der Waals surface area contributed by atoms with Crippen LogP contribution >= 0.6 is 0 Å². The molecule has 0 aliphatic heterocycles. The number of hydrogen-bond donors (Lipinski definition) is 1. The molecule has 4 heteroatoms. The van der Waals surface area contributed by atoms with Gasteiger partial charge in [0, 0.05) is 5.56 Å². The minimum atomic E-state index is 0.0497. The molecule has 0 amide bonds. The average molecular weight is 176 g/mol. The number of nitrogens with one attached hydrogen (secondary N) is 1. The minimum Gasteiger partial charge on any atom is -0.295 e. The molecule has 1 rings (SSSR count). The molecule has 0 heterocycles. The highest BCUT2D eigenvalue weighted by Gasteiger charge is 1.99. The van der Waals surface area contributed by atoms with Crippen molar-refractivity contribution in [3.8, 4) is 0 Å². The van der Waals surface area contributed by atoms with Crippen molar-refractivity contribution in [2.75, 3.05) is 0 Å². The molecule has 0 aromatic heterocycles. The molecule has 1 aromatic carbocycles.